The molecule has 6 rings (SSSR count). The molecule has 3 heterocycles. The lowest BCUT2D eigenvalue weighted by Crippen LogP contribution is -2.57. The topological polar surface area (TPSA) is 86.9 Å². The zero-order valence-corrected chi connectivity index (χ0v) is 19.9. The number of fused-ring (bicyclic) bond motifs is 1. The normalized spacial score (nSPS) is 22.3. The van der Waals surface area contributed by atoms with Gasteiger partial charge in [0.25, 0.3) is 11.8 Å². The monoisotopic (exact) mass is 477 g/mol. The van der Waals surface area contributed by atoms with Gasteiger partial charge < -0.3 is 19.3 Å². The van der Waals surface area contributed by atoms with Crippen molar-refractivity contribution < 1.29 is 23.5 Å². The molecule has 1 atom stereocenters. The van der Waals surface area contributed by atoms with E-state index in [2.05, 4.69) is 6.92 Å². The summed E-state index contributed by atoms with van der Waals surface area (Å²) in [5.41, 5.74) is 2.54. The highest BCUT2D eigenvalue weighted by molar-refractivity contribution is 5.97. The highest BCUT2D eigenvalue weighted by atomic mass is 19.1. The molecule has 0 bridgehead atoms. The van der Waals surface area contributed by atoms with Gasteiger partial charge in [0.05, 0.1) is 5.69 Å². The summed E-state index contributed by atoms with van der Waals surface area (Å²) < 4.78 is 19.6. The molecule has 1 aromatic carbocycles. The Labute approximate surface area is 202 Å². The van der Waals surface area contributed by atoms with Gasteiger partial charge in [-0.15, -0.1) is 0 Å². The van der Waals surface area contributed by atoms with Crippen molar-refractivity contribution in [3.05, 3.63) is 53.5 Å². The van der Waals surface area contributed by atoms with Crippen LogP contribution in [-0.4, -0.2) is 63.0 Å². The Kier molecular flexibility index (Phi) is 4.84. The minimum absolute atomic E-state index is 0.0301. The minimum Gasteiger partial charge on any atom is -0.449 e. The Bertz CT molecular complexity index is 1340. The lowest BCUT2D eigenvalue weighted by molar-refractivity contribution is -0.146. The summed E-state index contributed by atoms with van der Waals surface area (Å²) in [6.07, 6.45) is 3.06. The third kappa shape index (κ3) is 3.80. The number of benzene rings is 1. The van der Waals surface area contributed by atoms with Crippen molar-refractivity contribution in [1.29, 1.82) is 0 Å². The summed E-state index contributed by atoms with van der Waals surface area (Å²) in [5, 5.41) is 10.2. The fourth-order valence-corrected chi connectivity index (χ4v) is 5.00. The maximum atomic E-state index is 13.4. The van der Waals surface area contributed by atoms with Crippen molar-refractivity contribution in [2.75, 3.05) is 19.6 Å². The van der Waals surface area contributed by atoms with E-state index in [1.807, 2.05) is 13.0 Å². The number of piperazine rings is 1. The van der Waals surface area contributed by atoms with Crippen LogP contribution in [0.3, 0.4) is 0 Å². The predicted octanol–water partition coefficient (Wildman–Crippen LogP) is 3.88. The van der Waals surface area contributed by atoms with E-state index in [-0.39, 0.29) is 34.8 Å². The number of rotatable bonds is 4. The zero-order chi connectivity index (χ0) is 24.5. The van der Waals surface area contributed by atoms with Crippen molar-refractivity contribution in [1.82, 2.24) is 14.8 Å². The molecule has 1 N–H and O–H groups in total. The first kappa shape index (κ1) is 22.2. The van der Waals surface area contributed by atoms with Crippen LogP contribution in [0, 0.1) is 5.82 Å². The maximum Gasteiger partial charge on any atom is 0.289 e. The molecule has 0 spiro atoms. The molecular formula is C27H28FN3O4. The average Bonchev–Trinajstić information content (AvgIpc) is 3.74. The number of aliphatic hydroxyl groups is 1. The third-order valence-corrected chi connectivity index (χ3v) is 7.78. The maximum absolute atomic E-state index is 13.4. The molecule has 3 aromatic rings. The molecule has 8 heteroatoms. The van der Waals surface area contributed by atoms with E-state index in [9.17, 15) is 19.1 Å². The van der Waals surface area contributed by atoms with E-state index in [1.54, 1.807) is 28.0 Å². The van der Waals surface area contributed by atoms with Gasteiger partial charge in [-0.2, -0.15) is 0 Å². The van der Waals surface area contributed by atoms with Crippen molar-refractivity contribution >= 4 is 22.9 Å². The molecule has 182 valence electrons. The van der Waals surface area contributed by atoms with Gasteiger partial charge in [-0.1, -0.05) is 6.92 Å². The number of carbonyl (C=O) groups is 2. The molecule has 1 saturated heterocycles. The van der Waals surface area contributed by atoms with Crippen LogP contribution in [0.5, 0.6) is 0 Å². The Hall–Kier alpha value is -3.26. The van der Waals surface area contributed by atoms with E-state index in [0.717, 1.165) is 29.7 Å². The molecule has 35 heavy (non-hydrogen) atoms. The van der Waals surface area contributed by atoms with Crippen LogP contribution in [0.15, 0.2) is 40.8 Å². The van der Waals surface area contributed by atoms with E-state index in [1.165, 1.54) is 12.1 Å². The van der Waals surface area contributed by atoms with Crippen LogP contribution in [0.1, 0.15) is 55.6 Å². The van der Waals surface area contributed by atoms with Gasteiger partial charge in [0, 0.05) is 42.9 Å². The Morgan fingerprint density at radius 2 is 1.83 bits per heavy atom. The van der Waals surface area contributed by atoms with Crippen LogP contribution in [-0.2, 0) is 10.2 Å². The number of furan rings is 1. The first-order valence-electron chi connectivity index (χ1n) is 12.2. The Morgan fingerprint density at radius 3 is 2.46 bits per heavy atom. The first-order valence-corrected chi connectivity index (χ1v) is 12.2. The molecule has 0 unspecified atom stereocenters. The van der Waals surface area contributed by atoms with Gasteiger partial charge in [-0.25, -0.2) is 9.37 Å². The van der Waals surface area contributed by atoms with E-state index in [4.69, 9.17) is 9.40 Å². The third-order valence-electron chi connectivity index (χ3n) is 7.78. The molecule has 2 aliphatic carbocycles. The molecule has 7 nitrogen and oxygen atoms in total. The van der Waals surface area contributed by atoms with Gasteiger partial charge in [0.2, 0.25) is 0 Å². The molecule has 3 aliphatic rings. The molecule has 2 aromatic heterocycles. The van der Waals surface area contributed by atoms with E-state index in [0.29, 0.717) is 43.6 Å². The lowest BCUT2D eigenvalue weighted by Gasteiger charge is -2.40. The second-order valence-electron chi connectivity index (χ2n) is 10.6. The number of halogens is 1. The number of hydrogen-bond donors (Lipinski definition) is 1. The number of hydrogen-bond acceptors (Lipinski definition) is 5. The zero-order valence-electron chi connectivity index (χ0n) is 19.9. The fraction of sp³-hybridized carbons (Fsp3) is 0.444. The van der Waals surface area contributed by atoms with Crippen LogP contribution in [0.4, 0.5) is 4.39 Å². The summed E-state index contributed by atoms with van der Waals surface area (Å²) in [6, 6.07) is 9.72. The predicted molar refractivity (Wildman–Crippen MR) is 127 cm³/mol. The molecule has 2 saturated carbocycles. The number of carbonyl (C=O) groups excluding carboxylic acids is 2. The van der Waals surface area contributed by atoms with E-state index >= 15 is 0 Å². The SMILES string of the molecule is C[C@H]1CN(C(=O)c2cc3nc(-c4ccc(F)cc4)cc(C4(C)CC4)c3o2)CCN1C(=O)C1(O)CC1. The summed E-state index contributed by atoms with van der Waals surface area (Å²) in [7, 11) is 0. The number of aromatic nitrogens is 1. The fourth-order valence-electron chi connectivity index (χ4n) is 5.00. The summed E-state index contributed by atoms with van der Waals surface area (Å²) in [5.74, 6) is -0.548. The van der Waals surface area contributed by atoms with Gasteiger partial charge in [0.1, 0.15) is 16.9 Å². The second kappa shape index (κ2) is 7.62. The average molecular weight is 478 g/mol. The highest BCUT2D eigenvalue weighted by Gasteiger charge is 2.51. The summed E-state index contributed by atoms with van der Waals surface area (Å²) in [4.78, 5) is 34.1. The van der Waals surface area contributed by atoms with Crippen molar-refractivity contribution in [3.8, 4) is 11.3 Å². The van der Waals surface area contributed by atoms with Crippen LogP contribution in [0.2, 0.25) is 0 Å². The molecule has 3 fully saturated rings. The highest BCUT2D eigenvalue weighted by Crippen LogP contribution is 2.50. The van der Waals surface area contributed by atoms with Gasteiger partial charge in [-0.05, 0) is 68.4 Å². The van der Waals surface area contributed by atoms with Crippen molar-refractivity contribution in [2.24, 2.45) is 0 Å². The van der Waals surface area contributed by atoms with Crippen LogP contribution in [0.25, 0.3) is 22.4 Å². The molecule has 1 aliphatic heterocycles. The number of pyridine rings is 1. The Balaban J connectivity index is 1.29. The lowest BCUT2D eigenvalue weighted by atomic mass is 9.96. The molecule has 2 amide bonds. The molecule has 0 radical (unpaired) electrons. The first-order chi connectivity index (χ1) is 16.7. The quantitative estimate of drug-likeness (QED) is 0.616. The second-order valence-corrected chi connectivity index (χ2v) is 10.6. The van der Waals surface area contributed by atoms with Crippen molar-refractivity contribution in [2.45, 2.75) is 56.6 Å². The van der Waals surface area contributed by atoms with Gasteiger partial charge >= 0.3 is 0 Å². The smallest absolute Gasteiger partial charge is 0.289 e. The summed E-state index contributed by atoms with van der Waals surface area (Å²) >= 11 is 0. The van der Waals surface area contributed by atoms with E-state index < -0.39 is 5.60 Å². The van der Waals surface area contributed by atoms with Gasteiger partial charge in [0.15, 0.2) is 11.3 Å². The standard InChI is InChI=1S/C27H28FN3O4/c1-16-15-30(11-12-31(16)25(33)27(34)9-10-27)24(32)22-14-21-23(35-22)19(26(2)7-8-26)13-20(29-21)17-3-5-18(28)6-4-17/h3-6,13-14,16,34H,7-12,15H2,1-2H3/t16-/m0/s1. The summed E-state index contributed by atoms with van der Waals surface area (Å²) in [6.45, 7) is 5.19. The van der Waals surface area contributed by atoms with Crippen LogP contribution < -0.4 is 0 Å². The Morgan fingerprint density at radius 1 is 1.11 bits per heavy atom. The number of amides is 2. The largest absolute Gasteiger partial charge is 0.449 e. The minimum atomic E-state index is -1.21. The molecular weight excluding hydrogens is 449 g/mol. The van der Waals surface area contributed by atoms with Crippen LogP contribution >= 0.6 is 0 Å². The van der Waals surface area contributed by atoms with Crippen molar-refractivity contribution in [3.63, 3.8) is 0 Å². The number of nitrogens with zero attached hydrogens (tertiary/aromatic N) is 3. The van der Waals surface area contributed by atoms with Gasteiger partial charge in [-0.3, -0.25) is 9.59 Å².